The van der Waals surface area contributed by atoms with E-state index in [4.69, 9.17) is 12.2 Å². The van der Waals surface area contributed by atoms with Gasteiger partial charge in [-0.2, -0.15) is 0 Å². The maximum absolute atomic E-state index is 5.00. The first-order valence-corrected chi connectivity index (χ1v) is 4.03. The summed E-state index contributed by atoms with van der Waals surface area (Å²) in [5, 5.41) is 3.10. The van der Waals surface area contributed by atoms with Crippen LogP contribution in [0.15, 0.2) is 12.2 Å². The molecule has 0 aliphatic carbocycles. The standard InChI is InChI=1S/C8H16N2S/c1-7(2)8(11)9-5-6-10(3)4/h1,5-6H2,2-4H3,(H,9,11). The predicted octanol–water partition coefficient (Wildman–Crippen LogP) is 1.04. The second-order valence-corrected chi connectivity index (χ2v) is 3.25. The molecule has 0 saturated heterocycles. The first-order valence-electron chi connectivity index (χ1n) is 3.62. The van der Waals surface area contributed by atoms with Gasteiger partial charge in [0.05, 0.1) is 0 Å². The minimum Gasteiger partial charge on any atom is -0.375 e. The van der Waals surface area contributed by atoms with Crippen molar-refractivity contribution in [1.82, 2.24) is 10.2 Å². The molecule has 0 aromatic carbocycles. The van der Waals surface area contributed by atoms with Crippen LogP contribution in [0.4, 0.5) is 0 Å². The van der Waals surface area contributed by atoms with Gasteiger partial charge in [-0.3, -0.25) is 0 Å². The summed E-state index contributed by atoms with van der Waals surface area (Å²) in [6, 6.07) is 0. The van der Waals surface area contributed by atoms with Gasteiger partial charge in [0.2, 0.25) is 0 Å². The van der Waals surface area contributed by atoms with Crippen LogP contribution in [0.3, 0.4) is 0 Å². The Morgan fingerprint density at radius 1 is 1.55 bits per heavy atom. The average molecular weight is 172 g/mol. The zero-order chi connectivity index (χ0) is 8.85. The second kappa shape index (κ2) is 5.27. The van der Waals surface area contributed by atoms with Crippen LogP contribution in [0.25, 0.3) is 0 Å². The Balaban J connectivity index is 3.40. The Hall–Kier alpha value is -0.410. The zero-order valence-corrected chi connectivity index (χ0v) is 8.29. The molecule has 0 aliphatic heterocycles. The van der Waals surface area contributed by atoms with E-state index >= 15 is 0 Å². The zero-order valence-electron chi connectivity index (χ0n) is 7.48. The molecule has 0 aromatic heterocycles. The third-order valence-corrected chi connectivity index (χ3v) is 1.72. The quantitative estimate of drug-likeness (QED) is 0.504. The molecule has 2 nitrogen and oxygen atoms in total. The summed E-state index contributed by atoms with van der Waals surface area (Å²) in [6.45, 7) is 7.52. The minimum absolute atomic E-state index is 0.770. The number of likely N-dealkylation sites (N-methyl/N-ethyl adjacent to an activating group) is 1. The van der Waals surface area contributed by atoms with E-state index in [1.54, 1.807) is 0 Å². The highest BCUT2D eigenvalue weighted by molar-refractivity contribution is 7.80. The molecule has 0 unspecified atom stereocenters. The van der Waals surface area contributed by atoms with E-state index < -0.39 is 0 Å². The van der Waals surface area contributed by atoms with Crippen molar-refractivity contribution in [2.75, 3.05) is 27.2 Å². The molecule has 0 fully saturated rings. The van der Waals surface area contributed by atoms with Crippen molar-refractivity contribution in [1.29, 1.82) is 0 Å². The molecule has 0 aliphatic rings. The Morgan fingerprint density at radius 3 is 2.45 bits per heavy atom. The fraction of sp³-hybridized carbons (Fsp3) is 0.625. The Labute approximate surface area is 74.3 Å². The molecule has 11 heavy (non-hydrogen) atoms. The van der Waals surface area contributed by atoms with Crippen LogP contribution >= 0.6 is 12.2 Å². The predicted molar refractivity (Wildman–Crippen MR) is 54.0 cm³/mol. The summed E-state index contributed by atoms with van der Waals surface area (Å²) in [7, 11) is 4.07. The van der Waals surface area contributed by atoms with Gasteiger partial charge in [0.25, 0.3) is 0 Å². The molecule has 0 saturated carbocycles. The summed E-state index contributed by atoms with van der Waals surface area (Å²) in [5.74, 6) is 0. The molecule has 3 heteroatoms. The van der Waals surface area contributed by atoms with E-state index in [-0.39, 0.29) is 0 Å². The number of nitrogens with one attached hydrogen (secondary N) is 1. The van der Waals surface area contributed by atoms with Crippen LogP contribution in [-0.4, -0.2) is 37.1 Å². The number of nitrogens with zero attached hydrogens (tertiary/aromatic N) is 1. The molecule has 0 bridgehead atoms. The molecule has 0 spiro atoms. The Morgan fingerprint density at radius 2 is 2.09 bits per heavy atom. The lowest BCUT2D eigenvalue weighted by atomic mass is 10.3. The van der Waals surface area contributed by atoms with Crippen molar-refractivity contribution in [3.8, 4) is 0 Å². The van der Waals surface area contributed by atoms with Gasteiger partial charge >= 0.3 is 0 Å². The van der Waals surface area contributed by atoms with Gasteiger partial charge in [0.15, 0.2) is 0 Å². The molecule has 64 valence electrons. The summed E-state index contributed by atoms with van der Waals surface area (Å²) in [4.78, 5) is 2.88. The van der Waals surface area contributed by atoms with Crippen LogP contribution in [0.5, 0.6) is 0 Å². The van der Waals surface area contributed by atoms with Crippen LogP contribution in [0.2, 0.25) is 0 Å². The van der Waals surface area contributed by atoms with E-state index in [0.717, 1.165) is 23.7 Å². The van der Waals surface area contributed by atoms with E-state index in [1.807, 2.05) is 21.0 Å². The fourth-order valence-corrected chi connectivity index (χ4v) is 0.646. The van der Waals surface area contributed by atoms with Crippen molar-refractivity contribution < 1.29 is 0 Å². The van der Waals surface area contributed by atoms with Gasteiger partial charge in [-0.1, -0.05) is 18.8 Å². The van der Waals surface area contributed by atoms with Crippen molar-refractivity contribution in [3.63, 3.8) is 0 Å². The molecule has 0 heterocycles. The molecular weight excluding hydrogens is 156 g/mol. The van der Waals surface area contributed by atoms with Crippen molar-refractivity contribution in [2.45, 2.75) is 6.92 Å². The lowest BCUT2D eigenvalue weighted by Gasteiger charge is -2.11. The molecule has 0 atom stereocenters. The van der Waals surface area contributed by atoms with Gasteiger partial charge in [0.1, 0.15) is 4.99 Å². The SMILES string of the molecule is C=C(C)C(=S)NCCN(C)C. The van der Waals surface area contributed by atoms with Gasteiger partial charge in [-0.15, -0.1) is 0 Å². The topological polar surface area (TPSA) is 15.3 Å². The number of hydrogen-bond donors (Lipinski definition) is 1. The molecular formula is C8H16N2S. The third-order valence-electron chi connectivity index (χ3n) is 1.23. The maximum Gasteiger partial charge on any atom is 0.101 e. The van der Waals surface area contributed by atoms with E-state index in [1.165, 1.54) is 0 Å². The molecule has 0 radical (unpaired) electrons. The van der Waals surface area contributed by atoms with Gasteiger partial charge < -0.3 is 10.2 Å². The summed E-state index contributed by atoms with van der Waals surface area (Å²) >= 11 is 5.00. The highest BCUT2D eigenvalue weighted by atomic mass is 32.1. The Kier molecular flexibility index (Phi) is 5.07. The van der Waals surface area contributed by atoms with Gasteiger partial charge in [-0.05, 0) is 26.6 Å². The Bertz CT molecular complexity index is 152. The average Bonchev–Trinajstić information content (AvgIpc) is 1.86. The molecule has 0 amide bonds. The molecule has 0 aromatic rings. The normalized spacial score (nSPS) is 9.82. The van der Waals surface area contributed by atoms with Crippen molar-refractivity contribution in [3.05, 3.63) is 12.2 Å². The number of thiocarbonyl (C=S) groups is 1. The van der Waals surface area contributed by atoms with E-state index in [2.05, 4.69) is 16.8 Å². The number of hydrogen-bond acceptors (Lipinski definition) is 2. The first kappa shape index (κ1) is 10.6. The number of rotatable bonds is 4. The van der Waals surface area contributed by atoms with Crippen LogP contribution in [-0.2, 0) is 0 Å². The second-order valence-electron chi connectivity index (χ2n) is 2.84. The monoisotopic (exact) mass is 172 g/mol. The third kappa shape index (κ3) is 6.01. The van der Waals surface area contributed by atoms with Crippen LogP contribution < -0.4 is 5.32 Å². The summed E-state index contributed by atoms with van der Waals surface area (Å²) in [6.07, 6.45) is 0. The molecule has 1 N–H and O–H groups in total. The van der Waals surface area contributed by atoms with Gasteiger partial charge in [0, 0.05) is 13.1 Å². The smallest absolute Gasteiger partial charge is 0.101 e. The lowest BCUT2D eigenvalue weighted by molar-refractivity contribution is 0.413. The summed E-state index contributed by atoms with van der Waals surface area (Å²) in [5.41, 5.74) is 0.929. The highest BCUT2D eigenvalue weighted by Gasteiger charge is 1.94. The first-order chi connectivity index (χ1) is 5.04. The maximum atomic E-state index is 5.00. The van der Waals surface area contributed by atoms with E-state index in [9.17, 15) is 0 Å². The largest absolute Gasteiger partial charge is 0.375 e. The molecule has 0 rings (SSSR count). The van der Waals surface area contributed by atoms with Crippen molar-refractivity contribution >= 4 is 17.2 Å². The van der Waals surface area contributed by atoms with Crippen LogP contribution in [0, 0.1) is 0 Å². The van der Waals surface area contributed by atoms with Gasteiger partial charge in [-0.25, -0.2) is 0 Å². The van der Waals surface area contributed by atoms with Crippen LogP contribution in [0.1, 0.15) is 6.92 Å². The van der Waals surface area contributed by atoms with Crippen molar-refractivity contribution in [2.24, 2.45) is 0 Å². The lowest BCUT2D eigenvalue weighted by Crippen LogP contribution is -2.30. The van der Waals surface area contributed by atoms with E-state index in [0.29, 0.717) is 0 Å². The fourth-order valence-electron chi connectivity index (χ4n) is 0.544. The highest BCUT2D eigenvalue weighted by Crippen LogP contribution is 1.88. The minimum atomic E-state index is 0.770. The summed E-state index contributed by atoms with van der Waals surface area (Å²) < 4.78 is 0.